The number of ether oxygens (including phenoxy) is 1. The molecule has 0 aliphatic rings. The maximum Gasteiger partial charge on any atom is 0.248 e. The molecule has 146 valence electrons. The van der Waals surface area contributed by atoms with Crippen LogP contribution in [0.25, 0.3) is 0 Å². The standard InChI is InChI=1S/C19H26N4O4/c1-4-5-16(19(25)21-18-12-13(2)27-22-18)23(11-10-17(20)24)14-6-8-15(26-3)9-7-14/h6-9,12,16H,4-5,10-11H2,1-3H3,(H2,20,24)(H,21,22,25)/t16-/m0/s1. The topological polar surface area (TPSA) is 111 Å². The molecule has 2 amide bonds. The van der Waals surface area contributed by atoms with Crippen molar-refractivity contribution in [1.82, 2.24) is 5.16 Å². The van der Waals surface area contributed by atoms with E-state index in [1.807, 2.05) is 36.1 Å². The summed E-state index contributed by atoms with van der Waals surface area (Å²) in [5.41, 5.74) is 6.14. The summed E-state index contributed by atoms with van der Waals surface area (Å²) < 4.78 is 10.2. The Kier molecular flexibility index (Phi) is 7.22. The van der Waals surface area contributed by atoms with E-state index in [1.54, 1.807) is 20.1 Å². The van der Waals surface area contributed by atoms with Crippen LogP contribution >= 0.6 is 0 Å². The SMILES string of the molecule is CCC[C@@H](C(=O)Nc1cc(C)on1)N(CCC(N)=O)c1ccc(OC)cc1. The summed E-state index contributed by atoms with van der Waals surface area (Å²) >= 11 is 0. The van der Waals surface area contributed by atoms with Gasteiger partial charge in [0.25, 0.3) is 0 Å². The second-order valence-electron chi connectivity index (χ2n) is 6.22. The summed E-state index contributed by atoms with van der Waals surface area (Å²) in [4.78, 5) is 26.1. The van der Waals surface area contributed by atoms with Crippen molar-refractivity contribution in [1.29, 1.82) is 0 Å². The molecule has 1 heterocycles. The Labute approximate surface area is 158 Å². The number of benzene rings is 1. The minimum absolute atomic E-state index is 0.141. The van der Waals surface area contributed by atoms with Crippen LogP contribution in [0.15, 0.2) is 34.9 Å². The van der Waals surface area contributed by atoms with E-state index in [-0.39, 0.29) is 12.3 Å². The first-order valence-corrected chi connectivity index (χ1v) is 8.87. The van der Waals surface area contributed by atoms with Crippen LogP contribution in [0.4, 0.5) is 11.5 Å². The molecule has 0 saturated carbocycles. The molecule has 0 aliphatic carbocycles. The van der Waals surface area contributed by atoms with Gasteiger partial charge in [0.1, 0.15) is 17.6 Å². The molecule has 3 N–H and O–H groups in total. The molecule has 1 atom stereocenters. The smallest absolute Gasteiger partial charge is 0.248 e. The maximum absolute atomic E-state index is 12.9. The van der Waals surface area contributed by atoms with Gasteiger partial charge in [-0.25, -0.2) is 0 Å². The molecule has 27 heavy (non-hydrogen) atoms. The summed E-state index contributed by atoms with van der Waals surface area (Å²) in [5.74, 6) is 1.05. The van der Waals surface area contributed by atoms with Crippen molar-refractivity contribution in [2.75, 3.05) is 23.9 Å². The molecule has 8 heteroatoms. The molecule has 0 bridgehead atoms. The predicted octanol–water partition coefficient (Wildman–Crippen LogP) is 2.48. The van der Waals surface area contributed by atoms with E-state index < -0.39 is 11.9 Å². The first-order chi connectivity index (χ1) is 12.9. The molecule has 2 rings (SSSR count). The van der Waals surface area contributed by atoms with E-state index >= 15 is 0 Å². The summed E-state index contributed by atoms with van der Waals surface area (Å²) in [5, 5.41) is 6.59. The number of nitrogens with one attached hydrogen (secondary N) is 1. The number of aromatic nitrogens is 1. The van der Waals surface area contributed by atoms with Crippen LogP contribution < -0.4 is 20.7 Å². The van der Waals surface area contributed by atoms with Crippen LogP contribution in [0.1, 0.15) is 31.9 Å². The highest BCUT2D eigenvalue weighted by molar-refractivity contribution is 5.96. The second-order valence-corrected chi connectivity index (χ2v) is 6.22. The molecule has 1 aromatic carbocycles. The van der Waals surface area contributed by atoms with Gasteiger partial charge in [-0.15, -0.1) is 0 Å². The maximum atomic E-state index is 12.9. The average Bonchev–Trinajstić information content (AvgIpc) is 3.05. The van der Waals surface area contributed by atoms with Crippen molar-refractivity contribution < 1.29 is 18.8 Å². The van der Waals surface area contributed by atoms with Crippen molar-refractivity contribution >= 4 is 23.3 Å². The van der Waals surface area contributed by atoms with E-state index in [9.17, 15) is 9.59 Å². The summed E-state index contributed by atoms with van der Waals surface area (Å²) in [6.07, 6.45) is 1.54. The largest absolute Gasteiger partial charge is 0.497 e. The van der Waals surface area contributed by atoms with Crippen LogP contribution in [-0.2, 0) is 9.59 Å². The van der Waals surface area contributed by atoms with Gasteiger partial charge in [0, 0.05) is 24.7 Å². The Hall–Kier alpha value is -3.03. The van der Waals surface area contributed by atoms with Crippen LogP contribution in [-0.4, -0.2) is 36.7 Å². The lowest BCUT2D eigenvalue weighted by Crippen LogP contribution is -2.45. The third-order valence-corrected chi connectivity index (χ3v) is 4.12. The number of nitrogens with two attached hydrogens (primary N) is 1. The van der Waals surface area contributed by atoms with Gasteiger partial charge < -0.3 is 25.2 Å². The molecule has 0 unspecified atom stereocenters. The van der Waals surface area contributed by atoms with Crippen LogP contribution in [0.5, 0.6) is 5.75 Å². The highest BCUT2D eigenvalue weighted by Gasteiger charge is 2.26. The first-order valence-electron chi connectivity index (χ1n) is 8.87. The van der Waals surface area contributed by atoms with E-state index in [0.717, 1.165) is 12.1 Å². The van der Waals surface area contributed by atoms with E-state index in [4.69, 9.17) is 15.0 Å². The number of carbonyl (C=O) groups is 2. The number of anilines is 2. The minimum Gasteiger partial charge on any atom is -0.497 e. The van der Waals surface area contributed by atoms with Crippen molar-refractivity contribution in [3.8, 4) is 5.75 Å². The van der Waals surface area contributed by atoms with Gasteiger partial charge in [0.2, 0.25) is 11.8 Å². The van der Waals surface area contributed by atoms with E-state index in [1.165, 1.54) is 0 Å². The molecule has 0 fully saturated rings. The Bertz CT molecular complexity index is 757. The molecule has 8 nitrogen and oxygen atoms in total. The Morgan fingerprint density at radius 1 is 1.33 bits per heavy atom. The Balaban J connectivity index is 2.27. The van der Waals surface area contributed by atoms with Crippen molar-refractivity contribution in [3.05, 3.63) is 36.1 Å². The van der Waals surface area contributed by atoms with E-state index in [0.29, 0.717) is 30.3 Å². The molecular formula is C19H26N4O4. The van der Waals surface area contributed by atoms with Gasteiger partial charge >= 0.3 is 0 Å². The molecule has 0 saturated heterocycles. The fourth-order valence-corrected chi connectivity index (χ4v) is 2.81. The van der Waals surface area contributed by atoms with Gasteiger partial charge in [-0.3, -0.25) is 9.59 Å². The molecule has 2 aromatic rings. The molecule has 0 aliphatic heterocycles. The van der Waals surface area contributed by atoms with Crippen molar-refractivity contribution in [2.24, 2.45) is 5.73 Å². The lowest BCUT2D eigenvalue weighted by Gasteiger charge is -2.32. The molecule has 0 spiro atoms. The molecule has 0 radical (unpaired) electrons. The third-order valence-electron chi connectivity index (χ3n) is 4.12. The van der Waals surface area contributed by atoms with Gasteiger partial charge in [-0.1, -0.05) is 18.5 Å². The van der Waals surface area contributed by atoms with Crippen molar-refractivity contribution in [2.45, 2.75) is 39.2 Å². The van der Waals surface area contributed by atoms with E-state index in [2.05, 4.69) is 10.5 Å². The van der Waals surface area contributed by atoms with Crippen molar-refractivity contribution in [3.63, 3.8) is 0 Å². The zero-order valence-corrected chi connectivity index (χ0v) is 15.9. The van der Waals surface area contributed by atoms with Gasteiger partial charge in [-0.05, 0) is 37.6 Å². The van der Waals surface area contributed by atoms with Gasteiger partial charge in [0.05, 0.1) is 7.11 Å². The number of hydrogen-bond donors (Lipinski definition) is 2. The molecular weight excluding hydrogens is 348 g/mol. The van der Waals surface area contributed by atoms with Crippen LogP contribution in [0.3, 0.4) is 0 Å². The number of carbonyl (C=O) groups excluding carboxylic acids is 2. The quantitative estimate of drug-likeness (QED) is 0.661. The zero-order chi connectivity index (χ0) is 19.8. The fraction of sp³-hybridized carbons (Fsp3) is 0.421. The summed E-state index contributed by atoms with van der Waals surface area (Å²) in [7, 11) is 1.59. The number of methoxy groups -OCH3 is 1. The monoisotopic (exact) mass is 374 g/mol. The lowest BCUT2D eigenvalue weighted by atomic mass is 10.1. The number of rotatable bonds is 10. The highest BCUT2D eigenvalue weighted by atomic mass is 16.5. The van der Waals surface area contributed by atoms with Gasteiger partial charge in [0.15, 0.2) is 5.82 Å². The summed E-state index contributed by atoms with van der Waals surface area (Å²) in [6, 6.07) is 8.51. The Morgan fingerprint density at radius 2 is 2.04 bits per heavy atom. The normalized spacial score (nSPS) is 11.7. The molecule has 1 aromatic heterocycles. The lowest BCUT2D eigenvalue weighted by molar-refractivity contribution is -0.119. The number of amides is 2. The highest BCUT2D eigenvalue weighted by Crippen LogP contribution is 2.24. The van der Waals surface area contributed by atoms with Crippen LogP contribution in [0, 0.1) is 6.92 Å². The Morgan fingerprint density at radius 3 is 2.56 bits per heavy atom. The average molecular weight is 374 g/mol. The first kappa shape index (κ1) is 20.3. The number of primary amides is 1. The number of aryl methyl sites for hydroxylation is 1. The van der Waals surface area contributed by atoms with Gasteiger partial charge in [-0.2, -0.15) is 0 Å². The number of nitrogens with zero attached hydrogens (tertiary/aromatic N) is 2. The second kappa shape index (κ2) is 9.61. The minimum atomic E-state index is -0.486. The number of hydrogen-bond acceptors (Lipinski definition) is 6. The fourth-order valence-electron chi connectivity index (χ4n) is 2.81. The predicted molar refractivity (Wildman–Crippen MR) is 103 cm³/mol. The van der Waals surface area contributed by atoms with Crippen LogP contribution in [0.2, 0.25) is 0 Å². The zero-order valence-electron chi connectivity index (χ0n) is 15.9. The summed E-state index contributed by atoms with van der Waals surface area (Å²) in [6.45, 7) is 4.08. The third kappa shape index (κ3) is 5.73.